The van der Waals surface area contributed by atoms with E-state index in [1.807, 2.05) is 60.7 Å². The van der Waals surface area contributed by atoms with Gasteiger partial charge in [0.05, 0.1) is 0 Å². The predicted molar refractivity (Wildman–Crippen MR) is 89.9 cm³/mol. The molecule has 0 fully saturated rings. The number of benzene rings is 2. The second kappa shape index (κ2) is 9.22. The first kappa shape index (κ1) is 20.6. The molecule has 20 heavy (non-hydrogen) atoms. The van der Waals surface area contributed by atoms with Gasteiger partial charge in [0.1, 0.15) is 11.5 Å². The van der Waals surface area contributed by atoms with E-state index in [0.717, 1.165) is 0 Å². The summed E-state index contributed by atoms with van der Waals surface area (Å²) in [5.74, 6) is 1.32. The zero-order chi connectivity index (χ0) is 12.1. The zero-order valence-corrected chi connectivity index (χ0v) is 10.4. The Morgan fingerprint density at radius 1 is 0.700 bits per heavy atom. The molecule has 0 aliphatic carbocycles. The van der Waals surface area contributed by atoms with Crippen molar-refractivity contribution in [1.82, 2.24) is 0 Å². The van der Waals surface area contributed by atoms with Gasteiger partial charge < -0.3 is 9.05 Å². The van der Waals surface area contributed by atoms with Gasteiger partial charge in [0, 0.05) is 6.66 Å². The number of hydrogen-bond donors (Lipinski definition) is 1. The smallest absolute Gasteiger partial charge is 0.308 e. The van der Waals surface area contributed by atoms with Crippen molar-refractivity contribution in [1.29, 1.82) is 5.16 Å². The maximum absolute atomic E-state index is 8.07. The van der Waals surface area contributed by atoms with Crippen LogP contribution in [0.5, 0.6) is 11.5 Å². The quantitative estimate of drug-likeness (QED) is 0.673. The molecule has 0 aromatic heterocycles. The molecule has 0 heterocycles. The van der Waals surface area contributed by atoms with E-state index in [-0.39, 0.29) is 22.3 Å². The van der Waals surface area contributed by atoms with E-state index < -0.39 is 7.51 Å². The van der Waals surface area contributed by atoms with Gasteiger partial charge in [0.25, 0.3) is 0 Å². The monoisotopic (exact) mass is 295 g/mol. The normalized spacial score (nSPS) is 9.25. The first-order valence-corrected chi connectivity index (χ1v) is 7.34. The fraction of sp³-hybridized carbons (Fsp3) is 0.250. The third-order valence-electron chi connectivity index (χ3n) is 2.05. The van der Waals surface area contributed by atoms with Gasteiger partial charge in [-0.15, -0.1) is 0 Å². The molecule has 1 N–H and O–H groups in total. The summed E-state index contributed by atoms with van der Waals surface area (Å²) in [7, 11) is -2.64. The molecule has 2 aromatic carbocycles. The van der Waals surface area contributed by atoms with Crippen LogP contribution in [-0.4, -0.2) is 6.66 Å². The van der Waals surface area contributed by atoms with Gasteiger partial charge in [-0.2, -0.15) is 0 Å². The molecular formula is C16H26NO2P. The Kier molecular flexibility index (Phi) is 9.49. The van der Waals surface area contributed by atoms with Crippen molar-refractivity contribution in [3.8, 4) is 11.5 Å². The summed E-state index contributed by atoms with van der Waals surface area (Å²) in [5, 5.41) is 8.07. The Balaban J connectivity index is 0. The van der Waals surface area contributed by atoms with Crippen LogP contribution in [0.25, 0.3) is 0 Å². The van der Waals surface area contributed by atoms with E-state index >= 15 is 0 Å². The molecule has 3 nitrogen and oxygen atoms in total. The lowest BCUT2D eigenvalue weighted by molar-refractivity contribution is 0.478. The first-order chi connectivity index (χ1) is 8.16. The topological polar surface area (TPSA) is 42.3 Å². The lowest BCUT2D eigenvalue weighted by Crippen LogP contribution is -1.98. The van der Waals surface area contributed by atoms with Gasteiger partial charge in [-0.3, -0.25) is 0 Å². The van der Waals surface area contributed by atoms with Crippen LogP contribution in [0, 0.1) is 5.16 Å². The largest absolute Gasteiger partial charge is 0.430 e. The highest BCUT2D eigenvalue weighted by Crippen LogP contribution is 2.45. The van der Waals surface area contributed by atoms with Crippen molar-refractivity contribution < 1.29 is 9.05 Å². The van der Waals surface area contributed by atoms with Gasteiger partial charge in [-0.1, -0.05) is 58.7 Å². The lowest BCUT2D eigenvalue weighted by Gasteiger charge is -2.19. The summed E-state index contributed by atoms with van der Waals surface area (Å²) in [6.45, 7) is 1.67. The second-order valence-electron chi connectivity index (χ2n) is 3.65. The van der Waals surface area contributed by atoms with E-state index in [1.165, 1.54) is 0 Å². The molecule has 0 amide bonds. The molecule has 0 atom stereocenters. The third-order valence-corrected chi connectivity index (χ3v) is 3.16. The van der Waals surface area contributed by atoms with Gasteiger partial charge in [0.15, 0.2) is 0 Å². The minimum absolute atomic E-state index is 0. The van der Waals surface area contributed by atoms with Crippen molar-refractivity contribution >= 4 is 7.51 Å². The minimum Gasteiger partial charge on any atom is -0.430 e. The van der Waals surface area contributed by atoms with E-state index in [0.29, 0.717) is 11.5 Å². The van der Waals surface area contributed by atoms with E-state index in [9.17, 15) is 0 Å². The summed E-state index contributed by atoms with van der Waals surface area (Å²) in [4.78, 5) is 0. The van der Waals surface area contributed by atoms with Crippen LogP contribution >= 0.6 is 7.51 Å². The Hall–Kier alpha value is -1.73. The van der Waals surface area contributed by atoms with Crippen molar-refractivity contribution in [2.45, 2.75) is 22.3 Å². The molecule has 0 unspecified atom stereocenters. The highest BCUT2D eigenvalue weighted by atomic mass is 31.2. The number of rotatable bonds is 4. The molecule has 0 aliphatic heterocycles. The van der Waals surface area contributed by atoms with Crippen molar-refractivity contribution in [2.24, 2.45) is 0 Å². The molecule has 0 bridgehead atoms. The molecule has 0 saturated carbocycles. The summed E-state index contributed by atoms with van der Waals surface area (Å²) in [6, 6.07) is 18.6. The van der Waals surface area contributed by atoms with Gasteiger partial charge >= 0.3 is 7.51 Å². The highest BCUT2D eigenvalue weighted by Gasteiger charge is 2.14. The Bertz CT molecular complexity index is 469. The maximum Gasteiger partial charge on any atom is 0.308 e. The van der Waals surface area contributed by atoms with Crippen molar-refractivity contribution in [3.05, 3.63) is 60.7 Å². The average Bonchev–Trinajstić information content (AvgIpc) is 2.30. The molecule has 0 radical (unpaired) electrons. The van der Waals surface area contributed by atoms with Crippen LogP contribution in [0.4, 0.5) is 0 Å². The summed E-state index contributed by atoms with van der Waals surface area (Å²) < 4.78 is 11.1. The maximum atomic E-state index is 8.07. The highest BCUT2D eigenvalue weighted by molar-refractivity contribution is 7.55. The van der Waals surface area contributed by atoms with Gasteiger partial charge in [-0.05, 0) is 24.3 Å². The minimum atomic E-state index is -2.64. The number of hydrogen-bond acceptors (Lipinski definition) is 3. The molecule has 2 aromatic rings. The SMILES string of the molecule is C.C.C.CP(=N)(Oc1ccccc1)Oc1ccccc1. The molecule has 4 heteroatoms. The summed E-state index contributed by atoms with van der Waals surface area (Å²) in [6.07, 6.45) is 0. The summed E-state index contributed by atoms with van der Waals surface area (Å²) in [5.41, 5.74) is 0. The molecule has 0 spiro atoms. The van der Waals surface area contributed by atoms with Gasteiger partial charge in [-0.25, -0.2) is 5.16 Å². The average molecular weight is 295 g/mol. The third kappa shape index (κ3) is 6.44. The number of nitrogens with one attached hydrogen (secondary N) is 1. The molecular weight excluding hydrogens is 269 g/mol. The Morgan fingerprint density at radius 3 is 1.30 bits per heavy atom. The van der Waals surface area contributed by atoms with E-state index in [2.05, 4.69) is 0 Å². The standard InChI is InChI=1S/C13H14NO2P.3CH4/c1-17(14,15-12-8-4-2-5-9-12)16-13-10-6-3-7-11-13;;;/h2-11,14H,1H3;3*1H4. The van der Waals surface area contributed by atoms with Gasteiger partial charge in [0.2, 0.25) is 0 Å². The van der Waals surface area contributed by atoms with Crippen LogP contribution in [0.15, 0.2) is 60.7 Å². The number of para-hydroxylation sites is 2. The fourth-order valence-electron chi connectivity index (χ4n) is 1.38. The van der Waals surface area contributed by atoms with Crippen LogP contribution in [0.1, 0.15) is 22.3 Å². The predicted octanol–water partition coefficient (Wildman–Crippen LogP) is 6.29. The van der Waals surface area contributed by atoms with Crippen LogP contribution < -0.4 is 9.05 Å². The Morgan fingerprint density at radius 2 is 1.00 bits per heavy atom. The van der Waals surface area contributed by atoms with Crippen LogP contribution in [0.2, 0.25) is 0 Å². The zero-order valence-electron chi connectivity index (χ0n) is 9.54. The van der Waals surface area contributed by atoms with Crippen LogP contribution in [0.3, 0.4) is 0 Å². The van der Waals surface area contributed by atoms with Crippen molar-refractivity contribution in [2.75, 3.05) is 6.66 Å². The Labute approximate surface area is 123 Å². The fourth-order valence-corrected chi connectivity index (χ4v) is 2.47. The lowest BCUT2D eigenvalue weighted by atomic mass is 10.3. The van der Waals surface area contributed by atoms with E-state index in [4.69, 9.17) is 14.2 Å². The van der Waals surface area contributed by atoms with Crippen LogP contribution in [-0.2, 0) is 0 Å². The van der Waals surface area contributed by atoms with E-state index in [1.54, 1.807) is 6.66 Å². The molecule has 112 valence electrons. The molecule has 2 rings (SSSR count). The summed E-state index contributed by atoms with van der Waals surface area (Å²) >= 11 is 0. The van der Waals surface area contributed by atoms with Crippen molar-refractivity contribution in [3.63, 3.8) is 0 Å². The molecule has 0 aliphatic rings. The second-order valence-corrected chi connectivity index (χ2v) is 5.71. The first-order valence-electron chi connectivity index (χ1n) is 5.27. The molecule has 0 saturated heterocycles.